The Labute approximate surface area is 199 Å². The molecule has 3 nitrogen and oxygen atoms in total. The quantitative estimate of drug-likeness (QED) is 0.170. The molecule has 0 aliphatic heterocycles. The van der Waals surface area contributed by atoms with Gasteiger partial charge in [0.2, 0.25) is 0 Å². The summed E-state index contributed by atoms with van der Waals surface area (Å²) in [4.78, 5) is 0. The zero-order chi connectivity index (χ0) is 23.1. The van der Waals surface area contributed by atoms with E-state index >= 15 is 0 Å². The second-order valence-electron chi connectivity index (χ2n) is 9.37. The Morgan fingerprint density at radius 2 is 0.844 bits per heavy atom. The molecule has 0 aliphatic rings. The van der Waals surface area contributed by atoms with Crippen LogP contribution in [0.1, 0.15) is 135 Å². The molecule has 1 rings (SSSR count). The summed E-state index contributed by atoms with van der Waals surface area (Å²) in [6, 6.07) is 6.14. The molecule has 2 N–H and O–H groups in total. The largest absolute Gasteiger partial charge is 0.493 e. The van der Waals surface area contributed by atoms with E-state index in [0.29, 0.717) is 6.54 Å². The molecule has 0 amide bonds. The van der Waals surface area contributed by atoms with Crippen LogP contribution in [0.4, 0.5) is 0 Å². The standard InChI is InChI=1S/C29H53NO2/c1-3-5-7-9-11-13-15-17-19-21-31-28-23-27(26-30)24-29(25-28)32-22-20-18-16-14-12-10-8-6-4-2/h23-25H,3-22,26,30H2,1-2H3. The summed E-state index contributed by atoms with van der Waals surface area (Å²) in [6.45, 7) is 6.62. The summed E-state index contributed by atoms with van der Waals surface area (Å²) in [7, 11) is 0. The van der Waals surface area contributed by atoms with Gasteiger partial charge in [-0.1, -0.05) is 117 Å². The van der Waals surface area contributed by atoms with E-state index in [1.165, 1.54) is 103 Å². The summed E-state index contributed by atoms with van der Waals surface area (Å²) in [5, 5.41) is 0. The Morgan fingerprint density at radius 3 is 1.19 bits per heavy atom. The average molecular weight is 448 g/mol. The number of hydrogen-bond donors (Lipinski definition) is 1. The fourth-order valence-electron chi connectivity index (χ4n) is 4.12. The van der Waals surface area contributed by atoms with Crippen LogP contribution in [0.25, 0.3) is 0 Å². The van der Waals surface area contributed by atoms with E-state index in [4.69, 9.17) is 15.2 Å². The molecule has 1 aromatic carbocycles. The first-order valence-electron chi connectivity index (χ1n) is 13.9. The van der Waals surface area contributed by atoms with Gasteiger partial charge in [-0.2, -0.15) is 0 Å². The van der Waals surface area contributed by atoms with Crippen molar-refractivity contribution in [3.63, 3.8) is 0 Å². The van der Waals surface area contributed by atoms with Crippen molar-refractivity contribution in [1.29, 1.82) is 0 Å². The van der Waals surface area contributed by atoms with E-state index in [0.717, 1.165) is 43.1 Å². The highest BCUT2D eigenvalue weighted by Crippen LogP contribution is 2.24. The fraction of sp³-hybridized carbons (Fsp3) is 0.793. The first-order valence-corrected chi connectivity index (χ1v) is 13.9. The summed E-state index contributed by atoms with van der Waals surface area (Å²) in [5.74, 6) is 1.80. The molecule has 32 heavy (non-hydrogen) atoms. The molecule has 0 aliphatic carbocycles. The predicted molar refractivity (Wildman–Crippen MR) is 140 cm³/mol. The van der Waals surface area contributed by atoms with Crippen molar-refractivity contribution in [3.05, 3.63) is 23.8 Å². The van der Waals surface area contributed by atoms with Gasteiger partial charge in [0.25, 0.3) is 0 Å². The zero-order valence-electron chi connectivity index (χ0n) is 21.5. The molecule has 0 saturated heterocycles. The van der Waals surface area contributed by atoms with E-state index < -0.39 is 0 Å². The molecular weight excluding hydrogens is 394 g/mol. The lowest BCUT2D eigenvalue weighted by Crippen LogP contribution is -2.03. The number of unbranched alkanes of at least 4 members (excludes halogenated alkanes) is 16. The zero-order valence-corrected chi connectivity index (χ0v) is 21.5. The van der Waals surface area contributed by atoms with Crippen LogP contribution in [-0.2, 0) is 6.54 Å². The molecule has 186 valence electrons. The lowest BCUT2D eigenvalue weighted by molar-refractivity contribution is 0.289. The molecule has 0 atom stereocenters. The van der Waals surface area contributed by atoms with Crippen molar-refractivity contribution in [2.24, 2.45) is 5.73 Å². The maximum Gasteiger partial charge on any atom is 0.123 e. The number of rotatable bonds is 23. The van der Waals surface area contributed by atoms with E-state index in [2.05, 4.69) is 26.0 Å². The molecule has 0 heterocycles. The van der Waals surface area contributed by atoms with Gasteiger partial charge < -0.3 is 15.2 Å². The summed E-state index contributed by atoms with van der Waals surface area (Å²) in [6.07, 6.45) is 24.0. The molecule has 0 fully saturated rings. The van der Waals surface area contributed by atoms with Crippen LogP contribution in [0.2, 0.25) is 0 Å². The van der Waals surface area contributed by atoms with Crippen molar-refractivity contribution in [3.8, 4) is 11.5 Å². The molecule has 0 spiro atoms. The van der Waals surface area contributed by atoms with Crippen molar-refractivity contribution >= 4 is 0 Å². The smallest absolute Gasteiger partial charge is 0.123 e. The maximum atomic E-state index is 6.01. The van der Waals surface area contributed by atoms with Gasteiger partial charge in [0.05, 0.1) is 13.2 Å². The molecule has 0 saturated carbocycles. The van der Waals surface area contributed by atoms with Crippen LogP contribution in [0.5, 0.6) is 11.5 Å². The van der Waals surface area contributed by atoms with Gasteiger partial charge in [0.15, 0.2) is 0 Å². The number of hydrogen-bond acceptors (Lipinski definition) is 3. The molecule has 3 heteroatoms. The maximum absolute atomic E-state index is 6.01. The highest BCUT2D eigenvalue weighted by atomic mass is 16.5. The highest BCUT2D eigenvalue weighted by Gasteiger charge is 2.03. The lowest BCUT2D eigenvalue weighted by atomic mass is 10.1. The van der Waals surface area contributed by atoms with E-state index in [1.807, 2.05) is 6.07 Å². The minimum Gasteiger partial charge on any atom is -0.493 e. The van der Waals surface area contributed by atoms with Gasteiger partial charge in [-0.25, -0.2) is 0 Å². The molecule has 0 aromatic heterocycles. The molecule has 1 aromatic rings. The summed E-state index contributed by atoms with van der Waals surface area (Å²) < 4.78 is 12.0. The van der Waals surface area contributed by atoms with Gasteiger partial charge in [0, 0.05) is 12.6 Å². The van der Waals surface area contributed by atoms with Crippen LogP contribution < -0.4 is 15.2 Å². The molecular formula is C29H53NO2. The van der Waals surface area contributed by atoms with Gasteiger partial charge in [-0.05, 0) is 30.5 Å². The molecule has 0 radical (unpaired) electrons. The van der Waals surface area contributed by atoms with Crippen molar-refractivity contribution in [2.45, 2.75) is 136 Å². The third kappa shape index (κ3) is 16.4. The number of nitrogens with two attached hydrogens (primary N) is 1. The predicted octanol–water partition coefficient (Wildman–Crippen LogP) is 8.96. The van der Waals surface area contributed by atoms with E-state index in [1.54, 1.807) is 0 Å². The minimum atomic E-state index is 0.517. The first-order chi connectivity index (χ1) is 15.8. The average Bonchev–Trinajstić information content (AvgIpc) is 2.81. The number of benzene rings is 1. The van der Waals surface area contributed by atoms with Crippen LogP contribution in [0, 0.1) is 0 Å². The van der Waals surface area contributed by atoms with Crippen molar-refractivity contribution < 1.29 is 9.47 Å². The Bertz CT molecular complexity index is 490. The Morgan fingerprint density at radius 1 is 0.500 bits per heavy atom. The third-order valence-corrected chi connectivity index (χ3v) is 6.21. The second kappa shape index (κ2) is 21.6. The summed E-state index contributed by atoms with van der Waals surface area (Å²) >= 11 is 0. The fourth-order valence-corrected chi connectivity index (χ4v) is 4.12. The normalized spacial score (nSPS) is 11.1. The Kier molecular flexibility index (Phi) is 19.5. The Balaban J connectivity index is 2.13. The molecule has 0 unspecified atom stereocenters. The number of ether oxygens (including phenoxy) is 2. The highest BCUT2D eigenvalue weighted by molar-refractivity contribution is 5.38. The minimum absolute atomic E-state index is 0.517. The summed E-state index contributed by atoms with van der Waals surface area (Å²) in [5.41, 5.74) is 6.96. The topological polar surface area (TPSA) is 44.5 Å². The van der Waals surface area contributed by atoms with Gasteiger partial charge in [0.1, 0.15) is 11.5 Å². The Hall–Kier alpha value is -1.22. The van der Waals surface area contributed by atoms with E-state index in [-0.39, 0.29) is 0 Å². The van der Waals surface area contributed by atoms with Gasteiger partial charge >= 0.3 is 0 Å². The van der Waals surface area contributed by atoms with Crippen molar-refractivity contribution in [1.82, 2.24) is 0 Å². The van der Waals surface area contributed by atoms with Crippen LogP contribution in [0.3, 0.4) is 0 Å². The second-order valence-corrected chi connectivity index (χ2v) is 9.37. The van der Waals surface area contributed by atoms with Crippen LogP contribution in [-0.4, -0.2) is 13.2 Å². The molecule has 0 bridgehead atoms. The SMILES string of the molecule is CCCCCCCCCCCOc1cc(CN)cc(OCCCCCCCCCCC)c1. The first kappa shape index (κ1) is 28.8. The van der Waals surface area contributed by atoms with Crippen LogP contribution in [0.15, 0.2) is 18.2 Å². The van der Waals surface area contributed by atoms with Crippen molar-refractivity contribution in [2.75, 3.05) is 13.2 Å². The third-order valence-electron chi connectivity index (χ3n) is 6.21. The monoisotopic (exact) mass is 447 g/mol. The lowest BCUT2D eigenvalue weighted by Gasteiger charge is -2.12. The van der Waals surface area contributed by atoms with Crippen LogP contribution >= 0.6 is 0 Å². The van der Waals surface area contributed by atoms with Gasteiger partial charge in [-0.3, -0.25) is 0 Å². The van der Waals surface area contributed by atoms with Gasteiger partial charge in [-0.15, -0.1) is 0 Å². The van der Waals surface area contributed by atoms with E-state index in [9.17, 15) is 0 Å².